The maximum atomic E-state index is 12.2. The normalized spacial score (nSPS) is 19.9. The molecule has 5 nitrogen and oxygen atoms in total. The van der Waals surface area contributed by atoms with Gasteiger partial charge < -0.3 is 5.32 Å². The lowest BCUT2D eigenvalue weighted by atomic mass is 10.3. The standard InChI is InChI=1S/C11H17N3O2S2/c1-2-12-11-7-10(3-5-13-11)18(15,16)14-9-4-6-17-8-9/h3,5,7,9,14H,2,4,6,8H2,1H3,(H,12,13). The van der Waals surface area contributed by atoms with Crippen molar-refractivity contribution >= 4 is 27.6 Å². The molecule has 18 heavy (non-hydrogen) atoms. The smallest absolute Gasteiger partial charge is 0.241 e. The summed E-state index contributed by atoms with van der Waals surface area (Å²) in [7, 11) is -3.43. The van der Waals surface area contributed by atoms with Gasteiger partial charge in [-0.2, -0.15) is 11.8 Å². The molecular weight excluding hydrogens is 270 g/mol. The van der Waals surface area contributed by atoms with Crippen molar-refractivity contribution < 1.29 is 8.42 Å². The predicted octanol–water partition coefficient (Wildman–Crippen LogP) is 1.30. The third kappa shape index (κ3) is 3.37. The van der Waals surface area contributed by atoms with Gasteiger partial charge in [0.25, 0.3) is 0 Å². The molecule has 1 saturated heterocycles. The second-order valence-electron chi connectivity index (χ2n) is 4.09. The molecule has 7 heteroatoms. The van der Waals surface area contributed by atoms with Crippen LogP contribution in [0.3, 0.4) is 0 Å². The molecule has 1 aliphatic rings. The van der Waals surface area contributed by atoms with E-state index in [0.29, 0.717) is 12.4 Å². The first-order valence-corrected chi connectivity index (χ1v) is 8.55. The molecule has 1 atom stereocenters. The van der Waals surface area contributed by atoms with E-state index in [0.717, 1.165) is 17.9 Å². The number of hydrogen-bond acceptors (Lipinski definition) is 5. The highest BCUT2D eigenvalue weighted by Crippen LogP contribution is 2.20. The molecule has 2 rings (SSSR count). The number of nitrogens with one attached hydrogen (secondary N) is 2. The molecule has 1 aromatic heterocycles. The van der Waals surface area contributed by atoms with E-state index in [1.54, 1.807) is 17.8 Å². The maximum Gasteiger partial charge on any atom is 0.241 e. The van der Waals surface area contributed by atoms with E-state index in [4.69, 9.17) is 0 Å². The largest absolute Gasteiger partial charge is 0.370 e. The summed E-state index contributed by atoms with van der Waals surface area (Å²) in [5.41, 5.74) is 0. The van der Waals surface area contributed by atoms with Gasteiger partial charge in [0.15, 0.2) is 0 Å². The van der Waals surface area contributed by atoms with Crippen LogP contribution in [-0.4, -0.2) is 37.5 Å². The summed E-state index contributed by atoms with van der Waals surface area (Å²) in [5, 5.41) is 3.01. The molecule has 0 radical (unpaired) electrons. The highest BCUT2D eigenvalue weighted by molar-refractivity contribution is 7.99. The van der Waals surface area contributed by atoms with Crippen molar-refractivity contribution in [2.24, 2.45) is 0 Å². The fourth-order valence-corrected chi connectivity index (χ4v) is 4.31. The van der Waals surface area contributed by atoms with Gasteiger partial charge in [-0.3, -0.25) is 0 Å². The number of anilines is 1. The van der Waals surface area contributed by atoms with Crippen LogP contribution in [0.25, 0.3) is 0 Å². The third-order valence-electron chi connectivity index (χ3n) is 2.65. The third-order valence-corrected chi connectivity index (χ3v) is 5.33. The Morgan fingerprint density at radius 3 is 3.06 bits per heavy atom. The minimum Gasteiger partial charge on any atom is -0.370 e. The Hall–Kier alpha value is -0.790. The summed E-state index contributed by atoms with van der Waals surface area (Å²) in [5.74, 6) is 2.46. The second kappa shape index (κ2) is 5.90. The number of pyridine rings is 1. The van der Waals surface area contributed by atoms with Crippen LogP contribution in [0.15, 0.2) is 23.2 Å². The molecule has 0 saturated carbocycles. The van der Waals surface area contributed by atoms with Gasteiger partial charge in [-0.25, -0.2) is 18.1 Å². The minimum atomic E-state index is -3.43. The van der Waals surface area contributed by atoms with Crippen LogP contribution in [0.1, 0.15) is 13.3 Å². The first kappa shape index (κ1) is 13.6. The van der Waals surface area contributed by atoms with Gasteiger partial charge >= 0.3 is 0 Å². The maximum absolute atomic E-state index is 12.2. The topological polar surface area (TPSA) is 71.1 Å². The number of aromatic nitrogens is 1. The van der Waals surface area contributed by atoms with Gasteiger partial charge in [0.1, 0.15) is 5.82 Å². The van der Waals surface area contributed by atoms with Crippen LogP contribution in [0.2, 0.25) is 0 Å². The molecule has 0 aromatic carbocycles. The van der Waals surface area contributed by atoms with Crippen LogP contribution in [-0.2, 0) is 10.0 Å². The average molecular weight is 287 g/mol. The van der Waals surface area contributed by atoms with Crippen LogP contribution in [0, 0.1) is 0 Å². The van der Waals surface area contributed by atoms with Gasteiger partial charge in [0, 0.05) is 30.6 Å². The Balaban J connectivity index is 2.15. The summed E-state index contributed by atoms with van der Waals surface area (Å²) in [6.45, 7) is 2.65. The Morgan fingerprint density at radius 2 is 2.39 bits per heavy atom. The van der Waals surface area contributed by atoms with E-state index in [9.17, 15) is 8.42 Å². The quantitative estimate of drug-likeness (QED) is 0.854. The Kier molecular flexibility index (Phi) is 4.47. The Labute approximate surface area is 112 Å². The molecule has 1 aromatic rings. The van der Waals surface area contributed by atoms with E-state index in [1.807, 2.05) is 6.92 Å². The number of rotatable bonds is 5. The molecule has 0 amide bonds. The molecule has 1 fully saturated rings. The zero-order valence-corrected chi connectivity index (χ0v) is 11.9. The van der Waals surface area contributed by atoms with Crippen LogP contribution >= 0.6 is 11.8 Å². The second-order valence-corrected chi connectivity index (χ2v) is 6.95. The molecular formula is C11H17N3O2S2. The lowest BCUT2D eigenvalue weighted by molar-refractivity contribution is 0.563. The van der Waals surface area contributed by atoms with Crippen molar-refractivity contribution in [3.8, 4) is 0 Å². The number of thioether (sulfide) groups is 1. The lowest BCUT2D eigenvalue weighted by Crippen LogP contribution is -2.34. The van der Waals surface area contributed by atoms with Gasteiger partial charge in [-0.15, -0.1) is 0 Å². The summed E-state index contributed by atoms with van der Waals surface area (Å²) in [6, 6.07) is 3.13. The first-order chi connectivity index (χ1) is 8.62. The summed E-state index contributed by atoms with van der Waals surface area (Å²) < 4.78 is 27.1. The Morgan fingerprint density at radius 1 is 1.56 bits per heavy atom. The fraction of sp³-hybridized carbons (Fsp3) is 0.545. The van der Waals surface area contributed by atoms with E-state index >= 15 is 0 Å². The molecule has 2 N–H and O–H groups in total. The van der Waals surface area contributed by atoms with Crippen molar-refractivity contribution in [2.45, 2.75) is 24.3 Å². The van der Waals surface area contributed by atoms with E-state index in [-0.39, 0.29) is 10.9 Å². The Bertz CT molecular complexity index is 499. The molecule has 0 spiro atoms. The highest BCUT2D eigenvalue weighted by atomic mass is 32.2. The van der Waals surface area contributed by atoms with Gasteiger partial charge in [0.2, 0.25) is 10.0 Å². The van der Waals surface area contributed by atoms with Crippen molar-refractivity contribution in [3.05, 3.63) is 18.3 Å². The predicted molar refractivity (Wildman–Crippen MR) is 74.5 cm³/mol. The fourth-order valence-electron chi connectivity index (χ4n) is 1.77. The van der Waals surface area contributed by atoms with E-state index in [1.165, 1.54) is 12.3 Å². The summed E-state index contributed by atoms with van der Waals surface area (Å²) in [6.07, 6.45) is 2.41. The summed E-state index contributed by atoms with van der Waals surface area (Å²) >= 11 is 1.78. The van der Waals surface area contributed by atoms with Crippen LogP contribution in [0.4, 0.5) is 5.82 Å². The molecule has 1 aliphatic heterocycles. The average Bonchev–Trinajstić information content (AvgIpc) is 2.82. The number of sulfonamides is 1. The monoisotopic (exact) mass is 287 g/mol. The van der Waals surface area contributed by atoms with Crippen LogP contribution < -0.4 is 10.0 Å². The van der Waals surface area contributed by atoms with E-state index < -0.39 is 10.0 Å². The lowest BCUT2D eigenvalue weighted by Gasteiger charge is -2.12. The van der Waals surface area contributed by atoms with Crippen molar-refractivity contribution in [2.75, 3.05) is 23.4 Å². The van der Waals surface area contributed by atoms with Crippen molar-refractivity contribution in [1.29, 1.82) is 0 Å². The molecule has 100 valence electrons. The molecule has 1 unspecified atom stereocenters. The van der Waals surface area contributed by atoms with Crippen molar-refractivity contribution in [3.63, 3.8) is 0 Å². The molecule has 0 aliphatic carbocycles. The van der Waals surface area contributed by atoms with Crippen molar-refractivity contribution in [1.82, 2.24) is 9.71 Å². The van der Waals surface area contributed by atoms with Gasteiger partial charge in [-0.1, -0.05) is 0 Å². The van der Waals surface area contributed by atoms with Gasteiger partial charge in [-0.05, 0) is 25.2 Å². The minimum absolute atomic E-state index is 0.0516. The molecule has 2 heterocycles. The first-order valence-electron chi connectivity index (χ1n) is 5.92. The highest BCUT2D eigenvalue weighted by Gasteiger charge is 2.23. The zero-order chi connectivity index (χ0) is 13.0. The summed E-state index contributed by atoms with van der Waals surface area (Å²) in [4.78, 5) is 4.34. The number of nitrogens with zero attached hydrogens (tertiary/aromatic N) is 1. The SMILES string of the molecule is CCNc1cc(S(=O)(=O)NC2CCSC2)ccn1. The number of hydrogen-bond donors (Lipinski definition) is 2. The molecule has 0 bridgehead atoms. The van der Waals surface area contributed by atoms with E-state index in [2.05, 4.69) is 15.0 Å². The zero-order valence-electron chi connectivity index (χ0n) is 10.2. The van der Waals surface area contributed by atoms with Gasteiger partial charge in [0.05, 0.1) is 4.90 Å². The van der Waals surface area contributed by atoms with Crippen LogP contribution in [0.5, 0.6) is 0 Å².